The molecule has 0 fully saturated rings. The molecule has 1 aromatic carbocycles. The normalized spacial score (nSPS) is 13.2. The van der Waals surface area contributed by atoms with Crippen molar-refractivity contribution in [3.63, 3.8) is 0 Å². The van der Waals surface area contributed by atoms with Gasteiger partial charge in [-0.25, -0.2) is 0 Å². The van der Waals surface area contributed by atoms with E-state index in [-0.39, 0.29) is 11.8 Å². The summed E-state index contributed by atoms with van der Waals surface area (Å²) in [4.78, 5) is 0. The van der Waals surface area contributed by atoms with Gasteiger partial charge in [-0.1, -0.05) is 36.4 Å². The number of pyridine rings is 1. The first-order valence-corrected chi connectivity index (χ1v) is 9.47. The fourth-order valence-corrected chi connectivity index (χ4v) is 2.85. The topological polar surface area (TPSA) is 83.0 Å². The fraction of sp³-hybridized carbons (Fsp3) is 0.353. The predicted octanol–water partition coefficient (Wildman–Crippen LogP) is 3.16. The second-order valence-corrected chi connectivity index (χ2v) is 7.14. The van der Waals surface area contributed by atoms with Crippen LogP contribution in [0, 0.1) is 0 Å². The molecule has 0 amide bonds. The van der Waals surface area contributed by atoms with Crippen LogP contribution >= 0.6 is 0 Å². The number of aryl methyl sites for hydroxylation is 1. The van der Waals surface area contributed by atoms with E-state index in [1.165, 1.54) is 0 Å². The molecule has 0 aliphatic heterocycles. The summed E-state index contributed by atoms with van der Waals surface area (Å²) < 4.78 is 31.9. The second kappa shape index (κ2) is 8.65. The number of rotatable bonds is 8. The number of hydrogen-bond donors (Lipinski definition) is 1. The molecular weight excluding hydrogens is 326 g/mol. The third-order valence-corrected chi connectivity index (χ3v) is 4.41. The number of benzene rings is 1. The van der Waals surface area contributed by atoms with Crippen LogP contribution in [0.2, 0.25) is 0 Å². The van der Waals surface area contributed by atoms with Gasteiger partial charge in [-0.2, -0.15) is 8.42 Å². The number of nitrogens with zero attached hydrogens (tertiary/aromatic N) is 3. The first-order valence-electron chi connectivity index (χ1n) is 7.86. The van der Waals surface area contributed by atoms with E-state index >= 15 is 0 Å². The maximum atomic E-state index is 10.7. The Labute approximate surface area is 142 Å². The third kappa shape index (κ3) is 6.17. The van der Waals surface area contributed by atoms with Crippen molar-refractivity contribution in [1.29, 1.82) is 0 Å². The lowest BCUT2D eigenvalue weighted by molar-refractivity contribution is -0.694. The second-order valence-electron chi connectivity index (χ2n) is 5.57. The van der Waals surface area contributed by atoms with Crippen molar-refractivity contribution in [3.05, 3.63) is 66.0 Å². The van der Waals surface area contributed by atoms with Gasteiger partial charge in [-0.3, -0.25) is 4.55 Å². The summed E-state index contributed by atoms with van der Waals surface area (Å²) in [6, 6.07) is 15.6. The molecule has 1 aromatic heterocycles. The quantitative estimate of drug-likeness (QED) is 0.344. The van der Waals surface area contributed by atoms with Crippen LogP contribution in [-0.4, -0.2) is 18.7 Å². The van der Waals surface area contributed by atoms with Crippen molar-refractivity contribution in [2.45, 2.75) is 32.2 Å². The maximum Gasteiger partial charge on any atom is 0.264 e. The molecule has 0 saturated heterocycles. The van der Waals surface area contributed by atoms with Crippen LogP contribution in [0.3, 0.4) is 0 Å². The van der Waals surface area contributed by atoms with E-state index in [0.29, 0.717) is 19.3 Å². The van der Waals surface area contributed by atoms with Crippen molar-refractivity contribution >= 4 is 10.1 Å². The Morgan fingerprint density at radius 2 is 1.79 bits per heavy atom. The van der Waals surface area contributed by atoms with Crippen LogP contribution < -0.4 is 4.68 Å². The Kier molecular flexibility index (Phi) is 6.57. The predicted molar refractivity (Wildman–Crippen MR) is 91.1 cm³/mol. The zero-order valence-corrected chi connectivity index (χ0v) is 14.4. The SMILES string of the molecule is CC(N=N[n+]1ccccc1CCCCS(=O)(=O)O)c1ccccc1. The maximum absolute atomic E-state index is 10.7. The van der Waals surface area contributed by atoms with Gasteiger partial charge in [0.15, 0.2) is 6.04 Å². The molecule has 7 heteroatoms. The Bertz CT molecular complexity index is 777. The smallest absolute Gasteiger partial charge is 0.264 e. The van der Waals surface area contributed by atoms with Crippen LogP contribution in [0.1, 0.15) is 37.1 Å². The summed E-state index contributed by atoms with van der Waals surface area (Å²) in [7, 11) is -3.89. The lowest BCUT2D eigenvalue weighted by Crippen LogP contribution is -2.32. The van der Waals surface area contributed by atoms with E-state index in [0.717, 1.165) is 11.3 Å². The van der Waals surface area contributed by atoms with Crippen molar-refractivity contribution in [2.75, 3.05) is 5.75 Å². The van der Waals surface area contributed by atoms with Gasteiger partial charge in [-0.05, 0) is 31.9 Å². The summed E-state index contributed by atoms with van der Waals surface area (Å²) in [5.74, 6) is -0.216. The number of aromatic nitrogens is 1. The van der Waals surface area contributed by atoms with Crippen LogP contribution in [0.15, 0.2) is 65.1 Å². The molecule has 1 N–H and O–H groups in total. The molecule has 1 unspecified atom stereocenters. The van der Waals surface area contributed by atoms with Crippen LogP contribution in [0.5, 0.6) is 0 Å². The fourth-order valence-electron chi connectivity index (χ4n) is 2.28. The van der Waals surface area contributed by atoms with Crippen molar-refractivity contribution in [3.8, 4) is 0 Å². The van der Waals surface area contributed by atoms with Crippen molar-refractivity contribution in [1.82, 2.24) is 0 Å². The minimum absolute atomic E-state index is 0.0497. The molecule has 0 bridgehead atoms. The van der Waals surface area contributed by atoms with Gasteiger partial charge in [0.1, 0.15) is 17.1 Å². The highest BCUT2D eigenvalue weighted by Gasteiger charge is 2.11. The molecule has 2 aromatic rings. The van der Waals surface area contributed by atoms with Crippen LogP contribution in [0.25, 0.3) is 0 Å². The Morgan fingerprint density at radius 3 is 2.50 bits per heavy atom. The molecule has 1 atom stereocenters. The van der Waals surface area contributed by atoms with Crippen LogP contribution in [-0.2, 0) is 16.5 Å². The molecule has 2 rings (SSSR count). The van der Waals surface area contributed by atoms with E-state index in [4.69, 9.17) is 4.55 Å². The standard InChI is InChI=1S/C17H21N3O3S/c1-15(16-9-3-2-4-10-16)18-19-20-13-7-5-11-17(20)12-6-8-14-24(21,22)23/h2-5,7,9-11,13,15H,6,8,12,14H2,1H3/p+1. The number of hydrogen-bond acceptors (Lipinski definition) is 4. The van der Waals surface area contributed by atoms with E-state index in [1.807, 2.05) is 61.7 Å². The Hall–Kier alpha value is -2.12. The molecule has 128 valence electrons. The average Bonchev–Trinajstić information content (AvgIpc) is 2.57. The van der Waals surface area contributed by atoms with Gasteiger partial charge < -0.3 is 0 Å². The zero-order chi connectivity index (χ0) is 17.4. The molecule has 0 aliphatic carbocycles. The largest absolute Gasteiger partial charge is 0.286 e. The molecule has 0 spiro atoms. The van der Waals surface area contributed by atoms with E-state index in [1.54, 1.807) is 4.68 Å². The van der Waals surface area contributed by atoms with Gasteiger partial charge in [0.25, 0.3) is 10.1 Å². The summed E-state index contributed by atoms with van der Waals surface area (Å²) in [6.07, 6.45) is 3.54. The molecule has 24 heavy (non-hydrogen) atoms. The van der Waals surface area contributed by atoms with Crippen molar-refractivity contribution < 1.29 is 17.6 Å². The molecule has 0 aliphatic rings. The van der Waals surface area contributed by atoms with Crippen LogP contribution in [0.4, 0.5) is 0 Å². The molecule has 1 heterocycles. The van der Waals surface area contributed by atoms with Gasteiger partial charge in [0, 0.05) is 17.1 Å². The first kappa shape index (κ1) is 18.2. The minimum Gasteiger partial charge on any atom is -0.286 e. The average molecular weight is 348 g/mol. The lowest BCUT2D eigenvalue weighted by Gasteiger charge is -2.02. The highest BCUT2D eigenvalue weighted by molar-refractivity contribution is 7.85. The lowest BCUT2D eigenvalue weighted by atomic mass is 10.1. The number of unbranched alkanes of at least 4 members (excludes halogenated alkanes) is 1. The highest BCUT2D eigenvalue weighted by Crippen LogP contribution is 2.15. The highest BCUT2D eigenvalue weighted by atomic mass is 32.2. The Morgan fingerprint density at radius 1 is 1.08 bits per heavy atom. The summed E-state index contributed by atoms with van der Waals surface area (Å²) >= 11 is 0. The Balaban J connectivity index is 1.99. The molecule has 6 nitrogen and oxygen atoms in total. The summed E-state index contributed by atoms with van der Waals surface area (Å²) in [5.41, 5.74) is 2.03. The molecule has 0 saturated carbocycles. The van der Waals surface area contributed by atoms with Gasteiger partial charge in [-0.15, -0.1) is 4.68 Å². The van der Waals surface area contributed by atoms with Gasteiger partial charge in [0.2, 0.25) is 0 Å². The first-order chi connectivity index (χ1) is 11.5. The summed E-state index contributed by atoms with van der Waals surface area (Å²) in [5, 5.41) is 8.63. The van der Waals surface area contributed by atoms with E-state index < -0.39 is 10.1 Å². The molecule has 0 radical (unpaired) electrons. The minimum atomic E-state index is -3.89. The summed E-state index contributed by atoms with van der Waals surface area (Å²) in [6.45, 7) is 1.98. The monoisotopic (exact) mass is 348 g/mol. The van der Waals surface area contributed by atoms with Gasteiger partial charge in [0.05, 0.1) is 5.75 Å². The molecular formula is C17H22N3O3S+. The van der Waals surface area contributed by atoms with E-state index in [9.17, 15) is 8.42 Å². The van der Waals surface area contributed by atoms with E-state index in [2.05, 4.69) is 10.3 Å². The van der Waals surface area contributed by atoms with Crippen molar-refractivity contribution in [2.24, 2.45) is 10.3 Å². The third-order valence-electron chi connectivity index (χ3n) is 3.61. The zero-order valence-electron chi connectivity index (χ0n) is 13.6. The van der Waals surface area contributed by atoms with Gasteiger partial charge >= 0.3 is 0 Å².